The molecule has 0 aliphatic heterocycles. The molecule has 1 N–H and O–H groups in total. The lowest BCUT2D eigenvalue weighted by molar-refractivity contribution is 0.244. The normalized spacial score (nSPS) is 13.7. The number of aromatic nitrogens is 2. The van der Waals surface area contributed by atoms with Crippen LogP contribution in [0.2, 0.25) is 0 Å². The molecule has 2 rings (SSSR count). The lowest BCUT2D eigenvalue weighted by Gasteiger charge is -2.30. The number of hydrogen-bond acceptors (Lipinski definition) is 3. The van der Waals surface area contributed by atoms with Crippen LogP contribution in [-0.2, 0) is 6.54 Å². The van der Waals surface area contributed by atoms with Gasteiger partial charge in [0, 0.05) is 11.4 Å². The molecular formula is C15H21N3O. The van der Waals surface area contributed by atoms with Gasteiger partial charge >= 0.3 is 0 Å². The molecule has 0 fully saturated rings. The summed E-state index contributed by atoms with van der Waals surface area (Å²) in [5.41, 5.74) is 0.0456. The van der Waals surface area contributed by atoms with Gasteiger partial charge in [0.1, 0.15) is 0 Å². The predicted molar refractivity (Wildman–Crippen MR) is 78.3 cm³/mol. The van der Waals surface area contributed by atoms with Gasteiger partial charge in [0.25, 0.3) is 5.56 Å². The second-order valence-electron chi connectivity index (χ2n) is 5.93. The van der Waals surface area contributed by atoms with Gasteiger partial charge in [-0.15, -0.1) is 0 Å². The summed E-state index contributed by atoms with van der Waals surface area (Å²) in [5, 5.41) is 9.15. The first-order valence-corrected chi connectivity index (χ1v) is 6.55. The number of nitrogens with zero attached hydrogens (tertiary/aromatic N) is 2. The number of hydrogen-bond donors (Lipinski definition) is 1. The van der Waals surface area contributed by atoms with Gasteiger partial charge in [-0.25, -0.2) is 4.68 Å². The van der Waals surface area contributed by atoms with Crippen molar-refractivity contribution < 1.29 is 0 Å². The molecule has 19 heavy (non-hydrogen) atoms. The molecule has 0 saturated carbocycles. The number of benzene rings is 1. The van der Waals surface area contributed by atoms with Gasteiger partial charge in [0.05, 0.1) is 18.1 Å². The third-order valence-electron chi connectivity index (χ3n) is 3.51. The molecule has 1 aromatic heterocycles. The van der Waals surface area contributed by atoms with Crippen molar-refractivity contribution in [2.75, 3.05) is 7.05 Å². The van der Waals surface area contributed by atoms with E-state index in [4.69, 9.17) is 0 Å². The summed E-state index contributed by atoms with van der Waals surface area (Å²) in [7, 11) is 1.92. The third-order valence-corrected chi connectivity index (χ3v) is 3.51. The molecule has 0 radical (unpaired) electrons. The van der Waals surface area contributed by atoms with Crippen LogP contribution < -0.4 is 10.9 Å². The first-order chi connectivity index (χ1) is 8.93. The Morgan fingerprint density at radius 2 is 2.00 bits per heavy atom. The van der Waals surface area contributed by atoms with E-state index in [-0.39, 0.29) is 17.0 Å². The van der Waals surface area contributed by atoms with E-state index >= 15 is 0 Å². The molecule has 1 aromatic carbocycles. The van der Waals surface area contributed by atoms with Crippen LogP contribution in [0.15, 0.2) is 35.3 Å². The van der Waals surface area contributed by atoms with Crippen molar-refractivity contribution in [2.24, 2.45) is 5.41 Å². The molecule has 0 saturated heterocycles. The summed E-state index contributed by atoms with van der Waals surface area (Å²) in [6.45, 7) is 7.03. The van der Waals surface area contributed by atoms with Crippen molar-refractivity contribution in [1.82, 2.24) is 15.1 Å². The van der Waals surface area contributed by atoms with Crippen molar-refractivity contribution in [1.29, 1.82) is 0 Å². The molecule has 4 nitrogen and oxygen atoms in total. The first kappa shape index (κ1) is 13.7. The van der Waals surface area contributed by atoms with Gasteiger partial charge in [0.15, 0.2) is 0 Å². The number of likely N-dealkylation sites (N-methyl/N-ethyl adjacent to an activating group) is 1. The van der Waals surface area contributed by atoms with Crippen LogP contribution >= 0.6 is 0 Å². The van der Waals surface area contributed by atoms with Crippen LogP contribution in [0.5, 0.6) is 0 Å². The zero-order valence-corrected chi connectivity index (χ0v) is 12.0. The fourth-order valence-corrected chi connectivity index (χ4v) is 2.23. The van der Waals surface area contributed by atoms with Crippen molar-refractivity contribution >= 4 is 10.8 Å². The van der Waals surface area contributed by atoms with Gasteiger partial charge in [-0.3, -0.25) is 4.79 Å². The number of fused-ring (bicyclic) bond motifs is 1. The molecule has 0 spiro atoms. The van der Waals surface area contributed by atoms with Gasteiger partial charge in [-0.2, -0.15) is 5.10 Å². The zero-order valence-electron chi connectivity index (χ0n) is 12.0. The van der Waals surface area contributed by atoms with Gasteiger partial charge < -0.3 is 5.32 Å². The number of rotatable bonds is 3. The van der Waals surface area contributed by atoms with Gasteiger partial charge in [-0.1, -0.05) is 39.0 Å². The number of nitrogens with one attached hydrogen (secondary N) is 1. The van der Waals surface area contributed by atoms with Crippen molar-refractivity contribution in [3.8, 4) is 0 Å². The molecule has 0 aliphatic carbocycles. The van der Waals surface area contributed by atoms with E-state index < -0.39 is 0 Å². The van der Waals surface area contributed by atoms with Crippen molar-refractivity contribution in [3.05, 3.63) is 40.8 Å². The summed E-state index contributed by atoms with van der Waals surface area (Å²) in [5.74, 6) is 0. The van der Waals surface area contributed by atoms with Crippen molar-refractivity contribution in [3.63, 3.8) is 0 Å². The molecule has 4 heteroatoms. The van der Waals surface area contributed by atoms with Crippen LogP contribution in [0, 0.1) is 5.41 Å². The average Bonchev–Trinajstić information content (AvgIpc) is 2.37. The fourth-order valence-electron chi connectivity index (χ4n) is 2.23. The average molecular weight is 259 g/mol. The lowest BCUT2D eigenvalue weighted by atomic mass is 9.87. The summed E-state index contributed by atoms with van der Waals surface area (Å²) >= 11 is 0. The smallest absolute Gasteiger partial charge is 0.274 e. The van der Waals surface area contributed by atoms with E-state index in [1.807, 2.05) is 31.3 Å². The van der Waals surface area contributed by atoms with Crippen molar-refractivity contribution in [2.45, 2.75) is 33.4 Å². The third kappa shape index (κ3) is 2.84. The Morgan fingerprint density at radius 1 is 1.32 bits per heavy atom. The van der Waals surface area contributed by atoms with Crippen LogP contribution in [-0.4, -0.2) is 22.9 Å². The minimum atomic E-state index is -0.0254. The molecule has 2 aromatic rings. The molecule has 102 valence electrons. The Hall–Kier alpha value is -1.68. The van der Waals surface area contributed by atoms with Crippen LogP contribution in [0.3, 0.4) is 0 Å². The maximum Gasteiger partial charge on any atom is 0.274 e. The van der Waals surface area contributed by atoms with E-state index in [0.29, 0.717) is 6.54 Å². The van der Waals surface area contributed by atoms with Gasteiger partial charge in [-0.05, 0) is 18.5 Å². The maximum atomic E-state index is 12.4. The molecule has 0 bridgehead atoms. The molecule has 0 amide bonds. The highest BCUT2D eigenvalue weighted by Gasteiger charge is 2.24. The monoisotopic (exact) mass is 259 g/mol. The van der Waals surface area contributed by atoms with E-state index in [1.54, 1.807) is 10.9 Å². The summed E-state index contributed by atoms with van der Waals surface area (Å²) in [6.07, 6.45) is 1.76. The second-order valence-corrected chi connectivity index (χ2v) is 5.93. The lowest BCUT2D eigenvalue weighted by Crippen LogP contribution is -2.44. The Kier molecular flexibility index (Phi) is 3.71. The Morgan fingerprint density at radius 3 is 2.63 bits per heavy atom. The molecule has 0 aliphatic rings. The SMILES string of the molecule is CNC(Cn1ncc2ccccc2c1=O)C(C)(C)C. The standard InChI is InChI=1S/C15H21N3O/c1-15(2,3)13(16-4)10-18-14(19)12-8-6-5-7-11(12)9-17-18/h5-9,13,16H,10H2,1-4H3. The molecule has 1 unspecified atom stereocenters. The molecule has 1 atom stereocenters. The zero-order chi connectivity index (χ0) is 14.0. The summed E-state index contributed by atoms with van der Waals surface area (Å²) < 4.78 is 1.55. The highest BCUT2D eigenvalue weighted by atomic mass is 16.1. The minimum Gasteiger partial charge on any atom is -0.315 e. The Labute approximate surface area is 113 Å². The largest absolute Gasteiger partial charge is 0.315 e. The fraction of sp³-hybridized carbons (Fsp3) is 0.467. The van der Waals surface area contributed by atoms with Gasteiger partial charge in [0.2, 0.25) is 0 Å². The minimum absolute atomic E-state index is 0.0254. The molecule has 1 heterocycles. The first-order valence-electron chi connectivity index (χ1n) is 6.55. The highest BCUT2D eigenvalue weighted by molar-refractivity contribution is 5.80. The van der Waals surface area contributed by atoms with E-state index in [0.717, 1.165) is 10.8 Å². The maximum absolute atomic E-state index is 12.4. The molecular weight excluding hydrogens is 238 g/mol. The van der Waals surface area contributed by atoms with E-state index in [1.165, 1.54) is 0 Å². The summed E-state index contributed by atoms with van der Waals surface area (Å²) in [6, 6.07) is 7.75. The van der Waals surface area contributed by atoms with Crippen LogP contribution in [0.25, 0.3) is 10.8 Å². The predicted octanol–water partition coefficient (Wildman–Crippen LogP) is 2.03. The van der Waals surface area contributed by atoms with Crippen LogP contribution in [0.4, 0.5) is 0 Å². The Bertz CT molecular complexity index is 625. The Balaban J connectivity index is 2.41. The topological polar surface area (TPSA) is 46.9 Å². The van der Waals surface area contributed by atoms with E-state index in [9.17, 15) is 4.79 Å². The summed E-state index contributed by atoms with van der Waals surface area (Å²) in [4.78, 5) is 12.4. The van der Waals surface area contributed by atoms with Crippen LogP contribution in [0.1, 0.15) is 20.8 Å². The van der Waals surface area contributed by atoms with E-state index in [2.05, 4.69) is 31.2 Å². The highest BCUT2D eigenvalue weighted by Crippen LogP contribution is 2.19. The second kappa shape index (κ2) is 5.13. The quantitative estimate of drug-likeness (QED) is 0.917.